The second-order valence-corrected chi connectivity index (χ2v) is 30.5. The van der Waals surface area contributed by atoms with E-state index in [2.05, 4.69) is 41.5 Å². The highest BCUT2D eigenvalue weighted by Crippen LogP contribution is 2.45. The van der Waals surface area contributed by atoms with Crippen LogP contribution in [-0.2, 0) is 65.4 Å². The highest BCUT2D eigenvalue weighted by Gasteiger charge is 2.30. The van der Waals surface area contributed by atoms with E-state index in [-0.39, 0.29) is 25.7 Å². The van der Waals surface area contributed by atoms with Crippen LogP contribution in [-0.4, -0.2) is 96.7 Å². The summed E-state index contributed by atoms with van der Waals surface area (Å²) >= 11 is 0. The van der Waals surface area contributed by atoms with Gasteiger partial charge in [-0.1, -0.05) is 330 Å². The zero-order chi connectivity index (χ0) is 68.6. The molecule has 0 aromatic rings. The van der Waals surface area contributed by atoms with E-state index in [1.165, 1.54) is 193 Å². The van der Waals surface area contributed by atoms with Gasteiger partial charge in [-0.25, -0.2) is 9.13 Å². The minimum absolute atomic E-state index is 0.104. The molecule has 0 aromatic carbocycles. The summed E-state index contributed by atoms with van der Waals surface area (Å²) in [5, 5.41) is 10.6. The van der Waals surface area contributed by atoms with E-state index in [0.717, 1.165) is 102 Å². The number of carbonyl (C=O) groups is 4. The molecule has 5 atom stereocenters. The highest BCUT2D eigenvalue weighted by molar-refractivity contribution is 7.47. The van der Waals surface area contributed by atoms with Crippen LogP contribution in [0.15, 0.2) is 0 Å². The van der Waals surface area contributed by atoms with Gasteiger partial charge in [0.15, 0.2) is 12.2 Å². The van der Waals surface area contributed by atoms with E-state index in [4.69, 9.17) is 37.0 Å². The van der Waals surface area contributed by atoms with Gasteiger partial charge in [0.2, 0.25) is 0 Å². The van der Waals surface area contributed by atoms with Crippen molar-refractivity contribution in [2.24, 2.45) is 11.8 Å². The number of phosphoric ester groups is 2. The van der Waals surface area contributed by atoms with Gasteiger partial charge in [-0.2, -0.15) is 0 Å². The second kappa shape index (κ2) is 66.0. The number of carbonyl (C=O) groups excluding carboxylic acids is 4. The lowest BCUT2D eigenvalue weighted by Crippen LogP contribution is -2.30. The molecule has 0 saturated heterocycles. The maximum absolute atomic E-state index is 13.1. The fourth-order valence-corrected chi connectivity index (χ4v) is 12.9. The molecule has 3 N–H and O–H groups in total. The molecule has 0 rings (SSSR count). The molecule has 552 valence electrons. The maximum atomic E-state index is 13.1. The van der Waals surface area contributed by atoms with Crippen LogP contribution in [0.5, 0.6) is 0 Å². The van der Waals surface area contributed by atoms with Crippen LogP contribution >= 0.6 is 15.6 Å². The number of aliphatic hydroxyl groups is 1. The Balaban J connectivity index is 5.21. The molecule has 0 fully saturated rings. The molecule has 0 bridgehead atoms. The second-order valence-electron chi connectivity index (χ2n) is 27.6. The van der Waals surface area contributed by atoms with Gasteiger partial charge in [-0.3, -0.25) is 37.3 Å². The summed E-state index contributed by atoms with van der Waals surface area (Å²) in [6, 6.07) is 0. The molecule has 2 unspecified atom stereocenters. The van der Waals surface area contributed by atoms with Crippen molar-refractivity contribution in [2.45, 2.75) is 400 Å². The Hall–Kier alpha value is -1.94. The Morgan fingerprint density at radius 2 is 0.495 bits per heavy atom. The lowest BCUT2D eigenvalue weighted by atomic mass is 10.0. The van der Waals surface area contributed by atoms with Gasteiger partial charge in [0.1, 0.15) is 19.3 Å². The molecule has 0 aliphatic carbocycles. The maximum Gasteiger partial charge on any atom is 0.472 e. The number of phosphoric acid groups is 2. The van der Waals surface area contributed by atoms with Crippen LogP contribution in [0.3, 0.4) is 0 Å². The highest BCUT2D eigenvalue weighted by atomic mass is 31.2. The van der Waals surface area contributed by atoms with E-state index >= 15 is 0 Å². The van der Waals surface area contributed by atoms with Crippen LogP contribution in [0.1, 0.15) is 382 Å². The zero-order valence-electron chi connectivity index (χ0n) is 60.6. The van der Waals surface area contributed by atoms with Gasteiger partial charge in [-0.05, 0) is 37.5 Å². The van der Waals surface area contributed by atoms with Crippen LogP contribution in [0.4, 0.5) is 0 Å². The van der Waals surface area contributed by atoms with Crippen LogP contribution < -0.4 is 0 Å². The Morgan fingerprint density at radius 1 is 0.290 bits per heavy atom. The Kier molecular flexibility index (Phi) is 64.6. The van der Waals surface area contributed by atoms with Crippen molar-refractivity contribution in [1.82, 2.24) is 0 Å². The first-order chi connectivity index (χ1) is 44.9. The predicted octanol–water partition coefficient (Wildman–Crippen LogP) is 21.6. The SMILES string of the molecule is CCCCCCCCCCCCCCCCCCCCCC(=O)O[C@H](COC(=O)CCCCCCCCCCCCCCCC)COP(=O)(O)OC[C@@H](O)COP(=O)(O)OC[C@@H](COC(=O)CCCCCCCCC(C)C)OC(=O)CCCCCCCCCCC(C)C. The number of esters is 4. The van der Waals surface area contributed by atoms with Crippen LogP contribution in [0, 0.1) is 11.8 Å². The third-order valence-electron chi connectivity index (χ3n) is 17.2. The summed E-state index contributed by atoms with van der Waals surface area (Å²) in [5.74, 6) is -0.724. The lowest BCUT2D eigenvalue weighted by Gasteiger charge is -2.21. The molecule has 17 nitrogen and oxygen atoms in total. The molecule has 0 aromatic heterocycles. The normalized spacial score (nSPS) is 14.1. The minimum Gasteiger partial charge on any atom is -0.462 e. The molecule has 0 aliphatic rings. The first kappa shape index (κ1) is 91.1. The van der Waals surface area contributed by atoms with Crippen molar-refractivity contribution in [3.05, 3.63) is 0 Å². The van der Waals surface area contributed by atoms with Crippen LogP contribution in [0.25, 0.3) is 0 Å². The van der Waals surface area contributed by atoms with Crippen molar-refractivity contribution >= 4 is 39.5 Å². The van der Waals surface area contributed by atoms with Gasteiger partial charge < -0.3 is 33.8 Å². The third-order valence-corrected chi connectivity index (χ3v) is 19.1. The largest absolute Gasteiger partial charge is 0.472 e. The topological polar surface area (TPSA) is 237 Å². The first-order valence-electron chi connectivity index (χ1n) is 38.5. The molecule has 19 heteroatoms. The van der Waals surface area contributed by atoms with Crippen molar-refractivity contribution in [3.63, 3.8) is 0 Å². The molecular weight excluding hydrogens is 1220 g/mol. The van der Waals surface area contributed by atoms with Crippen molar-refractivity contribution in [3.8, 4) is 0 Å². The first-order valence-corrected chi connectivity index (χ1v) is 41.5. The summed E-state index contributed by atoms with van der Waals surface area (Å²) in [6.45, 7) is 9.45. The molecule has 0 heterocycles. The molecule has 0 spiro atoms. The number of hydrogen-bond acceptors (Lipinski definition) is 15. The van der Waals surface area contributed by atoms with Crippen molar-refractivity contribution in [2.75, 3.05) is 39.6 Å². The smallest absolute Gasteiger partial charge is 0.462 e. The van der Waals surface area contributed by atoms with Gasteiger partial charge >= 0.3 is 39.5 Å². The van der Waals surface area contributed by atoms with Crippen LogP contribution in [0.2, 0.25) is 0 Å². The van der Waals surface area contributed by atoms with E-state index in [0.29, 0.717) is 31.6 Å². The zero-order valence-corrected chi connectivity index (χ0v) is 62.3. The molecule has 0 aliphatic heterocycles. The predicted molar refractivity (Wildman–Crippen MR) is 377 cm³/mol. The quantitative estimate of drug-likeness (QED) is 0.0222. The standard InChI is InChI=1S/C74H144O17P2/c1-7-9-11-13-15-17-19-21-23-24-25-26-27-29-31-33-38-46-52-58-73(78)90-69(62-84-71(76)56-50-44-37-32-30-28-22-20-18-16-14-12-10-8-2)64-88-92(80,81)86-60-68(75)61-87-93(82,83)89-65-70(63-85-72(77)57-51-45-41-40-43-49-55-67(5)6)91-74(79)59-53-47-39-35-34-36-42-48-54-66(3)4/h66-70,75H,7-65H2,1-6H3,(H,80,81)(H,82,83)/t68-,69-,70-/m1/s1. The summed E-state index contributed by atoms with van der Waals surface area (Å²) in [6.07, 6.45) is 53.0. The summed E-state index contributed by atoms with van der Waals surface area (Å²) < 4.78 is 68.4. The average Bonchev–Trinajstić information content (AvgIpc) is 1.88. The van der Waals surface area contributed by atoms with Gasteiger partial charge in [0.05, 0.1) is 26.4 Å². The Bertz CT molecular complexity index is 1800. The number of ether oxygens (including phenoxy) is 4. The number of aliphatic hydroxyl groups excluding tert-OH is 1. The number of unbranched alkanes of at least 4 members (excludes halogenated alkanes) is 43. The number of hydrogen-bond donors (Lipinski definition) is 3. The van der Waals surface area contributed by atoms with Gasteiger partial charge in [-0.15, -0.1) is 0 Å². The summed E-state index contributed by atoms with van der Waals surface area (Å²) in [7, 11) is -9.91. The summed E-state index contributed by atoms with van der Waals surface area (Å²) in [4.78, 5) is 72.6. The molecular formula is C74H144O17P2. The molecule has 0 radical (unpaired) electrons. The average molecular weight is 1370 g/mol. The molecule has 93 heavy (non-hydrogen) atoms. The van der Waals surface area contributed by atoms with Crippen molar-refractivity contribution < 1.29 is 80.2 Å². The van der Waals surface area contributed by atoms with E-state index < -0.39 is 97.5 Å². The summed E-state index contributed by atoms with van der Waals surface area (Å²) in [5.41, 5.74) is 0. The Morgan fingerprint density at radius 3 is 0.731 bits per heavy atom. The molecule has 0 amide bonds. The third kappa shape index (κ3) is 68.4. The lowest BCUT2D eigenvalue weighted by molar-refractivity contribution is -0.161. The monoisotopic (exact) mass is 1370 g/mol. The van der Waals surface area contributed by atoms with Gasteiger partial charge in [0, 0.05) is 25.7 Å². The van der Waals surface area contributed by atoms with E-state index in [1.54, 1.807) is 0 Å². The van der Waals surface area contributed by atoms with Gasteiger partial charge in [0.25, 0.3) is 0 Å². The number of rotatable bonds is 73. The van der Waals surface area contributed by atoms with E-state index in [1.807, 2.05) is 0 Å². The van der Waals surface area contributed by atoms with Crippen molar-refractivity contribution in [1.29, 1.82) is 0 Å². The van der Waals surface area contributed by atoms with E-state index in [9.17, 15) is 43.2 Å². The minimum atomic E-state index is -4.96. The fourth-order valence-electron chi connectivity index (χ4n) is 11.3. The Labute approximate surface area is 568 Å². The molecule has 0 saturated carbocycles. The fraction of sp³-hybridized carbons (Fsp3) is 0.946.